The van der Waals surface area contributed by atoms with Crippen LogP contribution in [-0.4, -0.2) is 26.3 Å². The number of nitrogens with one attached hydrogen (secondary N) is 1. The molecule has 8 nitrogen and oxygen atoms in total. The molecule has 4 rings (SSSR count). The van der Waals surface area contributed by atoms with Crippen LogP contribution in [0.2, 0.25) is 0 Å². The molecule has 0 aliphatic rings. The first-order valence-electron chi connectivity index (χ1n) is 9.80. The highest BCUT2D eigenvalue weighted by Gasteiger charge is 2.19. The van der Waals surface area contributed by atoms with E-state index in [1.807, 2.05) is 31.2 Å². The molecule has 0 spiro atoms. The van der Waals surface area contributed by atoms with E-state index in [0.717, 1.165) is 11.1 Å². The summed E-state index contributed by atoms with van der Waals surface area (Å²) >= 11 is 0. The quantitative estimate of drug-likeness (QED) is 0.476. The first kappa shape index (κ1) is 20.5. The van der Waals surface area contributed by atoms with E-state index in [-0.39, 0.29) is 19.3 Å². The zero-order valence-electron chi connectivity index (χ0n) is 17.4. The van der Waals surface area contributed by atoms with Crippen LogP contribution in [0.4, 0.5) is 0 Å². The normalized spacial score (nSPS) is 12.5. The Morgan fingerprint density at radius 1 is 1.13 bits per heavy atom. The molecule has 2 aromatic carbocycles. The Bertz CT molecular complexity index is 1220. The van der Waals surface area contributed by atoms with Crippen LogP contribution in [0.25, 0.3) is 11.0 Å². The van der Waals surface area contributed by atoms with Gasteiger partial charge in [0.1, 0.15) is 22.3 Å². The number of nitrogens with zero attached hydrogens (tertiary/aromatic N) is 3. The number of aromatic nitrogens is 3. The maximum atomic E-state index is 12.9. The van der Waals surface area contributed by atoms with Crippen LogP contribution in [0, 0.1) is 0 Å². The summed E-state index contributed by atoms with van der Waals surface area (Å²) in [5.41, 5.74) is 2.26. The topological polar surface area (TPSA) is 110 Å². The minimum absolute atomic E-state index is 0. The summed E-state index contributed by atoms with van der Waals surface area (Å²) in [6, 6.07) is 15.6. The lowest BCUT2D eigenvalue weighted by Gasteiger charge is -2.20. The van der Waals surface area contributed by atoms with Gasteiger partial charge in [-0.2, -0.15) is 0 Å². The molecule has 160 valence electrons. The van der Waals surface area contributed by atoms with E-state index in [1.165, 1.54) is 0 Å². The molecule has 0 saturated carbocycles. The summed E-state index contributed by atoms with van der Waals surface area (Å²) in [5.74, 6) is 0.331. The molecule has 0 bridgehead atoms. The second-order valence-electron chi connectivity index (χ2n) is 7.75. The Labute approximate surface area is 180 Å². The molecule has 4 aromatic rings. The molecule has 0 saturated heterocycles. The number of hydrogen-bond donors (Lipinski definition) is 2. The molecule has 2 heterocycles. The second kappa shape index (κ2) is 8.16. The minimum Gasteiger partial charge on any atom is -0.438 e. The van der Waals surface area contributed by atoms with Crippen molar-refractivity contribution in [3.63, 3.8) is 0 Å². The van der Waals surface area contributed by atoms with Crippen LogP contribution in [-0.2, 0) is 5.60 Å². The minimum atomic E-state index is -0.919. The number of benzene rings is 2. The van der Waals surface area contributed by atoms with Gasteiger partial charge in [0.05, 0.1) is 11.6 Å². The highest BCUT2D eigenvalue weighted by molar-refractivity contribution is 5.96. The van der Waals surface area contributed by atoms with Crippen LogP contribution in [0.15, 0.2) is 65.4 Å². The lowest BCUT2D eigenvalue weighted by molar-refractivity contribution is 0.0785. The third kappa shape index (κ3) is 4.54. The molecule has 0 fully saturated rings. The molecular formula is C23H24N4O4. The van der Waals surface area contributed by atoms with Crippen molar-refractivity contribution in [2.24, 2.45) is 0 Å². The zero-order chi connectivity index (χ0) is 22.0. The fraction of sp³-hybridized carbons (Fsp3) is 0.217. The third-order valence-corrected chi connectivity index (χ3v) is 4.92. The first-order valence-corrected chi connectivity index (χ1v) is 9.80. The van der Waals surface area contributed by atoms with Gasteiger partial charge in [0.15, 0.2) is 0 Å². The monoisotopic (exact) mass is 420 g/mol. The van der Waals surface area contributed by atoms with Gasteiger partial charge in [0, 0.05) is 13.7 Å². The average molecular weight is 420 g/mol. The molecule has 8 heteroatoms. The highest BCUT2D eigenvalue weighted by atomic mass is 16.6. The summed E-state index contributed by atoms with van der Waals surface area (Å²) in [5, 5.41) is 20.6. The van der Waals surface area contributed by atoms with Gasteiger partial charge in [0.2, 0.25) is 5.88 Å². The predicted octanol–water partition coefficient (Wildman–Crippen LogP) is 4.37. The van der Waals surface area contributed by atoms with E-state index in [4.69, 9.17) is 9.37 Å². The number of amides is 1. The van der Waals surface area contributed by atoms with Crippen molar-refractivity contribution in [3.05, 3.63) is 77.5 Å². The predicted molar refractivity (Wildman–Crippen MR) is 116 cm³/mol. The largest absolute Gasteiger partial charge is 0.438 e. The van der Waals surface area contributed by atoms with Gasteiger partial charge in [-0.05, 0) is 66.5 Å². The Balaban J connectivity index is 0.00000289. The number of fused-ring (bicyclic) bond motifs is 1. The molecule has 1 atom stereocenters. The fourth-order valence-corrected chi connectivity index (χ4v) is 3.12. The van der Waals surface area contributed by atoms with Crippen LogP contribution >= 0.6 is 0 Å². The molecular weight excluding hydrogens is 396 g/mol. The second-order valence-corrected chi connectivity index (χ2v) is 7.75. The van der Waals surface area contributed by atoms with Gasteiger partial charge in [0.25, 0.3) is 5.91 Å². The Morgan fingerprint density at radius 3 is 2.61 bits per heavy atom. The van der Waals surface area contributed by atoms with E-state index in [2.05, 4.69) is 20.6 Å². The van der Waals surface area contributed by atoms with Gasteiger partial charge in [-0.1, -0.05) is 24.3 Å². The summed E-state index contributed by atoms with van der Waals surface area (Å²) < 4.78 is 10.5. The number of carbonyl (C=O) groups excluding carboxylic acids is 1. The van der Waals surface area contributed by atoms with Gasteiger partial charge in [-0.15, -0.1) is 0 Å². The van der Waals surface area contributed by atoms with E-state index in [0.29, 0.717) is 22.3 Å². The number of aliphatic hydroxyl groups is 1. The van der Waals surface area contributed by atoms with Crippen molar-refractivity contribution in [2.45, 2.75) is 32.4 Å². The standard InChI is InChI=1S/C23H22N4O4.H2/c1-14(15-6-8-16(9-7-15)23(2,3)29)25-21(28)18-5-4-12-24-22(18)30-17-10-11-19-20(13-17)27-31-26-19;/h4-14,29H,1-3H3,(H,25,28);1H. The van der Waals surface area contributed by atoms with Gasteiger partial charge in [-0.3, -0.25) is 4.79 Å². The maximum absolute atomic E-state index is 12.9. The number of hydrogen-bond acceptors (Lipinski definition) is 7. The third-order valence-electron chi connectivity index (χ3n) is 4.92. The van der Waals surface area contributed by atoms with Crippen LogP contribution in [0.3, 0.4) is 0 Å². The Morgan fingerprint density at radius 2 is 1.87 bits per heavy atom. The molecule has 0 aliphatic heterocycles. The molecule has 1 unspecified atom stereocenters. The smallest absolute Gasteiger partial charge is 0.257 e. The van der Waals surface area contributed by atoms with Crippen LogP contribution in [0.1, 0.15) is 49.7 Å². The van der Waals surface area contributed by atoms with Crippen molar-refractivity contribution in [2.75, 3.05) is 0 Å². The van der Waals surface area contributed by atoms with E-state index < -0.39 is 5.60 Å². The molecule has 2 aromatic heterocycles. The molecule has 0 radical (unpaired) electrons. The molecule has 0 aliphatic carbocycles. The van der Waals surface area contributed by atoms with Crippen molar-refractivity contribution in [3.8, 4) is 11.6 Å². The van der Waals surface area contributed by atoms with Crippen molar-refractivity contribution >= 4 is 16.9 Å². The zero-order valence-corrected chi connectivity index (χ0v) is 17.4. The number of carbonyl (C=O) groups is 1. The highest BCUT2D eigenvalue weighted by Crippen LogP contribution is 2.26. The first-order chi connectivity index (χ1) is 14.8. The average Bonchev–Trinajstić information content (AvgIpc) is 3.21. The lowest BCUT2D eigenvalue weighted by Crippen LogP contribution is -2.27. The molecule has 31 heavy (non-hydrogen) atoms. The van der Waals surface area contributed by atoms with Crippen molar-refractivity contribution in [1.82, 2.24) is 20.6 Å². The van der Waals surface area contributed by atoms with E-state index in [1.54, 1.807) is 50.4 Å². The van der Waals surface area contributed by atoms with Gasteiger partial charge >= 0.3 is 0 Å². The summed E-state index contributed by atoms with van der Waals surface area (Å²) in [6.07, 6.45) is 1.56. The lowest BCUT2D eigenvalue weighted by atomic mass is 9.96. The van der Waals surface area contributed by atoms with Crippen LogP contribution < -0.4 is 10.1 Å². The number of ether oxygens (including phenoxy) is 1. The van der Waals surface area contributed by atoms with Crippen molar-refractivity contribution < 1.29 is 20.7 Å². The van der Waals surface area contributed by atoms with Crippen molar-refractivity contribution in [1.29, 1.82) is 0 Å². The van der Waals surface area contributed by atoms with E-state index >= 15 is 0 Å². The summed E-state index contributed by atoms with van der Waals surface area (Å²) in [6.45, 7) is 5.35. The van der Waals surface area contributed by atoms with Gasteiger partial charge < -0.3 is 15.2 Å². The van der Waals surface area contributed by atoms with Crippen LogP contribution in [0.5, 0.6) is 11.6 Å². The Hall–Kier alpha value is -3.78. The maximum Gasteiger partial charge on any atom is 0.257 e. The number of pyridine rings is 1. The number of rotatable bonds is 6. The van der Waals surface area contributed by atoms with Gasteiger partial charge in [-0.25, -0.2) is 9.61 Å². The van der Waals surface area contributed by atoms with E-state index in [9.17, 15) is 9.90 Å². The molecule has 1 amide bonds. The molecule has 2 N–H and O–H groups in total. The fourth-order valence-electron chi connectivity index (χ4n) is 3.12. The summed E-state index contributed by atoms with van der Waals surface area (Å²) in [4.78, 5) is 17.1. The summed E-state index contributed by atoms with van der Waals surface area (Å²) in [7, 11) is 0. The SMILES string of the molecule is CC(NC(=O)c1cccnc1Oc1ccc2nonc2c1)c1ccc(C(C)(C)O)cc1.[HH]. The Kier molecular flexibility index (Phi) is 5.39.